The Labute approximate surface area is 149 Å². The van der Waals surface area contributed by atoms with Crippen molar-refractivity contribution in [2.75, 3.05) is 19.8 Å². The number of thiophene rings is 1. The van der Waals surface area contributed by atoms with Crippen LogP contribution in [-0.4, -0.2) is 41.6 Å². The lowest BCUT2D eigenvalue weighted by atomic mass is 10.1. The quantitative estimate of drug-likeness (QED) is 0.856. The maximum atomic E-state index is 12.8. The highest BCUT2D eigenvalue weighted by Gasteiger charge is 2.23. The number of aliphatic carboxylic acids is 1. The SMILES string of the molecule is CCOc1cc(C(=O)N2CCc3ccsc3C2)ccc1OCC(=O)O. The summed E-state index contributed by atoms with van der Waals surface area (Å²) in [7, 11) is 0. The molecule has 2 aromatic rings. The molecule has 0 radical (unpaired) electrons. The van der Waals surface area contributed by atoms with E-state index in [0.29, 0.717) is 36.8 Å². The van der Waals surface area contributed by atoms with Crippen molar-refractivity contribution in [1.82, 2.24) is 4.90 Å². The number of benzene rings is 1. The molecule has 1 aromatic heterocycles. The second-order valence-electron chi connectivity index (χ2n) is 5.62. The number of hydrogen-bond acceptors (Lipinski definition) is 5. The van der Waals surface area contributed by atoms with Gasteiger partial charge in [-0.15, -0.1) is 11.3 Å². The number of amides is 1. The number of carbonyl (C=O) groups is 2. The van der Waals surface area contributed by atoms with Gasteiger partial charge in [0.25, 0.3) is 5.91 Å². The molecule has 1 aromatic carbocycles. The van der Waals surface area contributed by atoms with Crippen LogP contribution in [-0.2, 0) is 17.8 Å². The third kappa shape index (κ3) is 3.93. The number of ether oxygens (including phenoxy) is 2. The summed E-state index contributed by atoms with van der Waals surface area (Å²) in [5.74, 6) is -0.434. The molecule has 0 spiro atoms. The lowest BCUT2D eigenvalue weighted by Crippen LogP contribution is -2.35. The van der Waals surface area contributed by atoms with Crippen molar-refractivity contribution in [2.24, 2.45) is 0 Å². The summed E-state index contributed by atoms with van der Waals surface area (Å²) < 4.78 is 10.7. The number of carbonyl (C=O) groups excluding carboxylic acids is 1. The van der Waals surface area contributed by atoms with Crippen molar-refractivity contribution in [3.63, 3.8) is 0 Å². The van der Waals surface area contributed by atoms with Crippen molar-refractivity contribution in [3.05, 3.63) is 45.6 Å². The van der Waals surface area contributed by atoms with E-state index in [0.717, 1.165) is 6.42 Å². The summed E-state index contributed by atoms with van der Waals surface area (Å²) in [5.41, 5.74) is 1.83. The smallest absolute Gasteiger partial charge is 0.341 e. The van der Waals surface area contributed by atoms with Crippen molar-refractivity contribution < 1.29 is 24.2 Å². The standard InChI is InChI=1S/C18H19NO5S/c1-2-23-15-9-13(3-4-14(15)24-11-17(20)21)18(22)19-7-5-12-6-8-25-16(12)10-19/h3-4,6,8-9H,2,5,7,10-11H2,1H3,(H,20,21). The van der Waals surface area contributed by atoms with Crippen LogP contribution < -0.4 is 9.47 Å². The van der Waals surface area contributed by atoms with Crippen LogP contribution in [0.3, 0.4) is 0 Å². The highest BCUT2D eigenvalue weighted by molar-refractivity contribution is 7.10. The van der Waals surface area contributed by atoms with Crippen molar-refractivity contribution in [1.29, 1.82) is 0 Å². The van der Waals surface area contributed by atoms with E-state index < -0.39 is 12.6 Å². The van der Waals surface area contributed by atoms with Crippen molar-refractivity contribution in [2.45, 2.75) is 19.9 Å². The Bertz CT molecular complexity index is 786. The van der Waals surface area contributed by atoms with Gasteiger partial charge in [0.05, 0.1) is 13.2 Å². The van der Waals surface area contributed by atoms with E-state index in [1.54, 1.807) is 29.5 Å². The molecule has 1 aliphatic heterocycles. The number of carboxylic acids is 1. The molecule has 7 heteroatoms. The Morgan fingerprint density at radius 3 is 2.84 bits per heavy atom. The van der Waals surface area contributed by atoms with Gasteiger partial charge in [-0.3, -0.25) is 4.79 Å². The molecule has 2 heterocycles. The van der Waals surface area contributed by atoms with Crippen molar-refractivity contribution in [3.8, 4) is 11.5 Å². The van der Waals surface area contributed by atoms with E-state index in [9.17, 15) is 9.59 Å². The van der Waals surface area contributed by atoms with Gasteiger partial charge in [0.2, 0.25) is 0 Å². The summed E-state index contributed by atoms with van der Waals surface area (Å²) in [6.07, 6.45) is 0.864. The molecule has 132 valence electrons. The fourth-order valence-corrected chi connectivity index (χ4v) is 3.71. The van der Waals surface area contributed by atoms with E-state index in [1.807, 2.05) is 11.8 Å². The normalized spacial score (nSPS) is 13.2. The highest BCUT2D eigenvalue weighted by Crippen LogP contribution is 2.30. The average molecular weight is 361 g/mol. The number of carboxylic acid groups (broad SMARTS) is 1. The van der Waals surface area contributed by atoms with E-state index in [4.69, 9.17) is 14.6 Å². The second kappa shape index (κ2) is 7.57. The first-order valence-corrected chi connectivity index (χ1v) is 8.92. The van der Waals surface area contributed by atoms with Gasteiger partial charge >= 0.3 is 5.97 Å². The predicted octanol–water partition coefficient (Wildman–Crippen LogP) is 2.81. The molecule has 0 unspecified atom stereocenters. The van der Waals surface area contributed by atoms with Crippen LogP contribution in [0.1, 0.15) is 27.7 Å². The van der Waals surface area contributed by atoms with Gasteiger partial charge in [-0.25, -0.2) is 4.79 Å². The van der Waals surface area contributed by atoms with Gasteiger partial charge in [-0.1, -0.05) is 0 Å². The maximum absolute atomic E-state index is 12.8. The number of hydrogen-bond donors (Lipinski definition) is 1. The molecule has 0 aliphatic carbocycles. The zero-order valence-corrected chi connectivity index (χ0v) is 14.7. The Morgan fingerprint density at radius 1 is 1.24 bits per heavy atom. The summed E-state index contributed by atoms with van der Waals surface area (Å²) in [5, 5.41) is 10.8. The third-order valence-corrected chi connectivity index (χ3v) is 4.90. The molecular formula is C18H19NO5S. The molecule has 0 fully saturated rings. The average Bonchev–Trinajstić information content (AvgIpc) is 3.07. The summed E-state index contributed by atoms with van der Waals surface area (Å²) in [6, 6.07) is 6.96. The van der Waals surface area contributed by atoms with Crippen LogP contribution in [0.15, 0.2) is 29.6 Å². The summed E-state index contributed by atoms with van der Waals surface area (Å²) >= 11 is 1.67. The van der Waals surface area contributed by atoms with E-state index in [1.165, 1.54) is 10.4 Å². The largest absolute Gasteiger partial charge is 0.490 e. The maximum Gasteiger partial charge on any atom is 0.341 e. The van der Waals surface area contributed by atoms with Crippen LogP contribution in [0.25, 0.3) is 0 Å². The molecule has 25 heavy (non-hydrogen) atoms. The zero-order chi connectivity index (χ0) is 17.8. The first kappa shape index (κ1) is 17.3. The highest BCUT2D eigenvalue weighted by atomic mass is 32.1. The van der Waals surface area contributed by atoms with Crippen LogP contribution in [0, 0.1) is 0 Å². The molecule has 1 aliphatic rings. The molecule has 0 saturated heterocycles. The second-order valence-corrected chi connectivity index (χ2v) is 6.62. The molecular weight excluding hydrogens is 342 g/mol. The molecule has 3 rings (SSSR count). The van der Waals surface area contributed by atoms with Crippen LogP contribution in [0.4, 0.5) is 0 Å². The van der Waals surface area contributed by atoms with Gasteiger partial charge in [0.1, 0.15) is 0 Å². The Morgan fingerprint density at radius 2 is 2.08 bits per heavy atom. The Kier molecular flexibility index (Phi) is 5.23. The lowest BCUT2D eigenvalue weighted by molar-refractivity contribution is -0.139. The topological polar surface area (TPSA) is 76.1 Å². The lowest BCUT2D eigenvalue weighted by Gasteiger charge is -2.27. The Hall–Kier alpha value is -2.54. The minimum absolute atomic E-state index is 0.0650. The van der Waals surface area contributed by atoms with Crippen LogP contribution >= 0.6 is 11.3 Å². The van der Waals surface area contributed by atoms with Crippen molar-refractivity contribution >= 4 is 23.2 Å². The van der Waals surface area contributed by atoms with Gasteiger partial charge in [0.15, 0.2) is 18.1 Å². The molecule has 1 N–H and O–H groups in total. The molecule has 6 nitrogen and oxygen atoms in total. The van der Waals surface area contributed by atoms with Crippen LogP contribution in [0.2, 0.25) is 0 Å². The number of fused-ring (bicyclic) bond motifs is 1. The minimum atomic E-state index is -1.07. The number of nitrogens with zero attached hydrogens (tertiary/aromatic N) is 1. The van der Waals surface area contributed by atoms with E-state index in [-0.39, 0.29) is 5.91 Å². The minimum Gasteiger partial charge on any atom is -0.490 e. The third-order valence-electron chi connectivity index (χ3n) is 3.95. The fourth-order valence-electron chi connectivity index (χ4n) is 2.76. The predicted molar refractivity (Wildman–Crippen MR) is 93.5 cm³/mol. The Balaban J connectivity index is 1.78. The molecule has 1 amide bonds. The molecule has 0 saturated carbocycles. The van der Waals surface area contributed by atoms with Gasteiger partial charge in [0, 0.05) is 17.0 Å². The fraction of sp³-hybridized carbons (Fsp3) is 0.333. The zero-order valence-electron chi connectivity index (χ0n) is 13.9. The first-order valence-electron chi connectivity index (χ1n) is 8.04. The molecule has 0 bridgehead atoms. The monoisotopic (exact) mass is 361 g/mol. The van der Waals surface area contributed by atoms with E-state index in [2.05, 4.69) is 11.4 Å². The first-order chi connectivity index (χ1) is 12.1. The number of rotatable bonds is 6. The summed E-state index contributed by atoms with van der Waals surface area (Å²) in [4.78, 5) is 26.5. The van der Waals surface area contributed by atoms with E-state index >= 15 is 0 Å². The van der Waals surface area contributed by atoms with Gasteiger partial charge in [-0.05, 0) is 48.6 Å². The van der Waals surface area contributed by atoms with Crippen LogP contribution in [0.5, 0.6) is 11.5 Å². The van der Waals surface area contributed by atoms with Gasteiger partial charge in [-0.2, -0.15) is 0 Å². The summed E-state index contributed by atoms with van der Waals surface area (Å²) in [6.45, 7) is 3.05. The molecule has 0 atom stereocenters. The van der Waals surface area contributed by atoms with Gasteiger partial charge < -0.3 is 19.5 Å².